The van der Waals surface area contributed by atoms with Gasteiger partial charge in [0.25, 0.3) is 0 Å². The van der Waals surface area contributed by atoms with E-state index in [1.807, 2.05) is 0 Å². The van der Waals surface area contributed by atoms with Gasteiger partial charge in [0.1, 0.15) is 0 Å². The first-order chi connectivity index (χ1) is 5.86. The van der Waals surface area contributed by atoms with Crippen LogP contribution in [0.4, 0.5) is 0 Å². The van der Waals surface area contributed by atoms with Crippen molar-refractivity contribution in [3.8, 4) is 0 Å². The van der Waals surface area contributed by atoms with Gasteiger partial charge in [0, 0.05) is 6.54 Å². The highest BCUT2D eigenvalue weighted by Crippen LogP contribution is 2.33. The van der Waals surface area contributed by atoms with E-state index < -0.39 is 0 Å². The summed E-state index contributed by atoms with van der Waals surface area (Å²) in [6, 6.07) is 0.0972. The molecule has 1 amide bonds. The second-order valence-corrected chi connectivity index (χ2v) is 3.83. The summed E-state index contributed by atoms with van der Waals surface area (Å²) in [7, 11) is 0. The van der Waals surface area contributed by atoms with Crippen molar-refractivity contribution in [1.29, 1.82) is 0 Å². The van der Waals surface area contributed by atoms with E-state index in [4.69, 9.17) is 0 Å². The molecule has 1 heterocycles. The van der Waals surface area contributed by atoms with Gasteiger partial charge in [0.05, 0.1) is 6.04 Å². The fraction of sp³-hybridized carbons (Fsp3) is 0.889. The number of carbonyl (C=O) groups excluding carboxylic acids is 1. The molecule has 1 saturated carbocycles. The van der Waals surface area contributed by atoms with Crippen LogP contribution in [0.3, 0.4) is 0 Å². The molecule has 68 valence electrons. The predicted octanol–water partition coefficient (Wildman–Crippen LogP) is 0.265. The summed E-state index contributed by atoms with van der Waals surface area (Å²) >= 11 is 0. The first kappa shape index (κ1) is 8.05. The van der Waals surface area contributed by atoms with Gasteiger partial charge in [-0.15, -0.1) is 0 Å². The topological polar surface area (TPSA) is 41.1 Å². The predicted molar refractivity (Wildman–Crippen MR) is 46.8 cm³/mol. The Hall–Kier alpha value is -0.570. The normalized spacial score (nSPS) is 31.0. The van der Waals surface area contributed by atoms with Crippen molar-refractivity contribution in [2.24, 2.45) is 5.92 Å². The maximum Gasteiger partial charge on any atom is 0.237 e. The molecule has 12 heavy (non-hydrogen) atoms. The lowest BCUT2D eigenvalue weighted by molar-refractivity contribution is -0.122. The fourth-order valence-corrected chi connectivity index (χ4v) is 1.67. The summed E-state index contributed by atoms with van der Waals surface area (Å²) in [6.07, 6.45) is 4.76. The summed E-state index contributed by atoms with van der Waals surface area (Å²) in [5, 5.41) is 6.22. The minimum Gasteiger partial charge on any atom is -0.355 e. The smallest absolute Gasteiger partial charge is 0.237 e. The molecule has 1 saturated heterocycles. The Kier molecular flexibility index (Phi) is 2.30. The highest BCUT2D eigenvalue weighted by atomic mass is 16.2. The average Bonchev–Trinajstić information content (AvgIpc) is 2.84. The van der Waals surface area contributed by atoms with Gasteiger partial charge in [0.2, 0.25) is 5.91 Å². The van der Waals surface area contributed by atoms with Gasteiger partial charge in [-0.3, -0.25) is 4.79 Å². The van der Waals surface area contributed by atoms with E-state index in [1.165, 1.54) is 12.8 Å². The summed E-state index contributed by atoms with van der Waals surface area (Å²) in [5.74, 6) is 1.03. The Morgan fingerprint density at radius 3 is 2.92 bits per heavy atom. The van der Waals surface area contributed by atoms with Crippen LogP contribution in [0.15, 0.2) is 0 Å². The molecule has 0 aromatic heterocycles. The second kappa shape index (κ2) is 3.44. The summed E-state index contributed by atoms with van der Waals surface area (Å²) in [6.45, 7) is 1.82. The SMILES string of the molecule is O=C1NCCCN[C@H]1CC1CC1. The van der Waals surface area contributed by atoms with E-state index in [9.17, 15) is 4.79 Å². The Bertz CT molecular complexity index is 177. The van der Waals surface area contributed by atoms with Gasteiger partial charge in [0.15, 0.2) is 0 Å². The lowest BCUT2D eigenvalue weighted by atomic mass is 10.1. The van der Waals surface area contributed by atoms with Gasteiger partial charge in [-0.2, -0.15) is 0 Å². The Balaban J connectivity index is 1.85. The van der Waals surface area contributed by atoms with E-state index in [0.717, 1.165) is 31.8 Å². The molecular weight excluding hydrogens is 152 g/mol. The van der Waals surface area contributed by atoms with Crippen LogP contribution in [0, 0.1) is 5.92 Å². The number of nitrogens with one attached hydrogen (secondary N) is 2. The molecule has 2 aliphatic rings. The zero-order valence-electron chi connectivity index (χ0n) is 7.31. The monoisotopic (exact) mass is 168 g/mol. The van der Waals surface area contributed by atoms with Crippen LogP contribution in [-0.2, 0) is 4.79 Å². The minimum absolute atomic E-state index is 0.0972. The van der Waals surface area contributed by atoms with Crippen LogP contribution in [0.1, 0.15) is 25.7 Å². The zero-order valence-corrected chi connectivity index (χ0v) is 7.31. The van der Waals surface area contributed by atoms with Crippen LogP contribution in [0.5, 0.6) is 0 Å². The molecule has 0 bridgehead atoms. The molecular formula is C9H16N2O. The van der Waals surface area contributed by atoms with E-state index >= 15 is 0 Å². The number of amides is 1. The summed E-state index contributed by atoms with van der Waals surface area (Å²) in [5.41, 5.74) is 0. The van der Waals surface area contributed by atoms with Crippen molar-refractivity contribution in [2.75, 3.05) is 13.1 Å². The van der Waals surface area contributed by atoms with E-state index in [-0.39, 0.29) is 11.9 Å². The average molecular weight is 168 g/mol. The van der Waals surface area contributed by atoms with Crippen LogP contribution in [0.25, 0.3) is 0 Å². The van der Waals surface area contributed by atoms with Gasteiger partial charge >= 0.3 is 0 Å². The molecule has 3 nitrogen and oxygen atoms in total. The lowest BCUT2D eigenvalue weighted by Crippen LogP contribution is -2.41. The maximum absolute atomic E-state index is 11.4. The Morgan fingerprint density at radius 2 is 2.17 bits per heavy atom. The standard InChI is InChI=1S/C9H16N2O/c12-9-8(6-7-2-3-7)10-4-1-5-11-9/h7-8,10H,1-6H2,(H,11,12)/t8-/m0/s1. The molecule has 3 heteroatoms. The van der Waals surface area contributed by atoms with Crippen molar-refractivity contribution >= 4 is 5.91 Å². The van der Waals surface area contributed by atoms with Gasteiger partial charge in [-0.05, 0) is 25.3 Å². The first-order valence-electron chi connectivity index (χ1n) is 4.87. The molecule has 2 N–H and O–H groups in total. The quantitative estimate of drug-likeness (QED) is 0.621. The maximum atomic E-state index is 11.4. The third kappa shape index (κ3) is 1.97. The molecule has 0 aromatic rings. The van der Waals surface area contributed by atoms with E-state index in [1.54, 1.807) is 0 Å². The van der Waals surface area contributed by atoms with Gasteiger partial charge < -0.3 is 10.6 Å². The van der Waals surface area contributed by atoms with Crippen molar-refractivity contribution in [2.45, 2.75) is 31.7 Å². The molecule has 2 rings (SSSR count). The van der Waals surface area contributed by atoms with Gasteiger partial charge in [-0.1, -0.05) is 12.8 Å². The first-order valence-corrected chi connectivity index (χ1v) is 4.87. The lowest BCUT2D eigenvalue weighted by Gasteiger charge is -2.13. The number of hydrogen-bond donors (Lipinski definition) is 2. The highest BCUT2D eigenvalue weighted by Gasteiger charge is 2.29. The van der Waals surface area contributed by atoms with Crippen molar-refractivity contribution in [1.82, 2.24) is 10.6 Å². The van der Waals surface area contributed by atoms with Gasteiger partial charge in [-0.25, -0.2) is 0 Å². The molecule has 1 aliphatic heterocycles. The zero-order chi connectivity index (χ0) is 8.39. The van der Waals surface area contributed by atoms with Crippen molar-refractivity contribution in [3.63, 3.8) is 0 Å². The van der Waals surface area contributed by atoms with E-state index in [2.05, 4.69) is 10.6 Å². The number of rotatable bonds is 2. The van der Waals surface area contributed by atoms with Crippen molar-refractivity contribution < 1.29 is 4.79 Å². The molecule has 0 radical (unpaired) electrons. The third-order valence-corrected chi connectivity index (χ3v) is 2.63. The molecule has 1 atom stereocenters. The van der Waals surface area contributed by atoms with Crippen molar-refractivity contribution in [3.05, 3.63) is 0 Å². The summed E-state index contributed by atoms with van der Waals surface area (Å²) in [4.78, 5) is 11.4. The largest absolute Gasteiger partial charge is 0.355 e. The number of hydrogen-bond acceptors (Lipinski definition) is 2. The van der Waals surface area contributed by atoms with Crippen LogP contribution < -0.4 is 10.6 Å². The second-order valence-electron chi connectivity index (χ2n) is 3.83. The molecule has 0 unspecified atom stereocenters. The Labute approximate surface area is 72.9 Å². The fourth-order valence-electron chi connectivity index (χ4n) is 1.67. The molecule has 1 aliphatic carbocycles. The highest BCUT2D eigenvalue weighted by molar-refractivity contribution is 5.81. The van der Waals surface area contributed by atoms with Crippen LogP contribution in [0.2, 0.25) is 0 Å². The molecule has 0 aromatic carbocycles. The number of carbonyl (C=O) groups is 1. The Morgan fingerprint density at radius 1 is 1.33 bits per heavy atom. The summed E-state index contributed by atoms with van der Waals surface area (Å²) < 4.78 is 0. The minimum atomic E-state index is 0.0972. The third-order valence-electron chi connectivity index (χ3n) is 2.63. The van der Waals surface area contributed by atoms with E-state index in [0.29, 0.717) is 0 Å². The molecule has 0 spiro atoms. The van der Waals surface area contributed by atoms with Crippen LogP contribution in [-0.4, -0.2) is 25.0 Å². The molecule has 2 fully saturated rings. The van der Waals surface area contributed by atoms with Crippen LogP contribution >= 0.6 is 0 Å².